The molecule has 0 saturated carbocycles. The molecule has 1 saturated heterocycles. The summed E-state index contributed by atoms with van der Waals surface area (Å²) in [6, 6.07) is 6.73. The minimum Gasteiger partial charge on any atom is -0.346 e. The van der Waals surface area contributed by atoms with Gasteiger partial charge in [-0.05, 0) is 36.8 Å². The Kier molecular flexibility index (Phi) is 3.55. The van der Waals surface area contributed by atoms with E-state index in [9.17, 15) is 9.18 Å². The van der Waals surface area contributed by atoms with E-state index in [-0.39, 0.29) is 18.3 Å². The predicted molar refractivity (Wildman–Crippen MR) is 83.0 cm³/mol. The van der Waals surface area contributed by atoms with Gasteiger partial charge >= 0.3 is 0 Å². The normalized spacial score (nSPS) is 21.3. The number of carbonyl (C=O) groups is 1. The molecule has 0 radical (unpaired) electrons. The number of carbonyl (C=O) groups excluding carboxylic acids is 1. The van der Waals surface area contributed by atoms with Crippen LogP contribution >= 0.6 is 0 Å². The number of rotatable bonds is 2. The average molecular weight is 313 g/mol. The molecule has 23 heavy (non-hydrogen) atoms. The summed E-state index contributed by atoms with van der Waals surface area (Å²) in [5.41, 5.74) is 0.759. The summed E-state index contributed by atoms with van der Waals surface area (Å²) in [6.45, 7) is 1.84. The van der Waals surface area contributed by atoms with Crippen LogP contribution in [0.3, 0.4) is 0 Å². The summed E-state index contributed by atoms with van der Waals surface area (Å²) in [6.07, 6.45) is 3.14. The van der Waals surface area contributed by atoms with Gasteiger partial charge in [0.1, 0.15) is 0 Å². The molecular formula is C16H16FN5O. The maximum atomic E-state index is 13.9. The first-order valence-electron chi connectivity index (χ1n) is 7.11. The Balaban J connectivity index is 2.02. The molecular weight excluding hydrogens is 297 g/mol. The summed E-state index contributed by atoms with van der Waals surface area (Å²) >= 11 is 0. The fourth-order valence-electron chi connectivity index (χ4n) is 2.61. The molecule has 2 aromatic rings. The number of guanidine groups is 1. The van der Waals surface area contributed by atoms with Crippen molar-refractivity contribution >= 4 is 11.9 Å². The maximum Gasteiger partial charge on any atom is 0.231 e. The van der Waals surface area contributed by atoms with Crippen LogP contribution in [0.25, 0.3) is 11.3 Å². The van der Waals surface area contributed by atoms with E-state index in [2.05, 4.69) is 15.3 Å². The van der Waals surface area contributed by atoms with Crippen LogP contribution in [0.2, 0.25) is 0 Å². The van der Waals surface area contributed by atoms with Crippen LogP contribution in [0, 0.1) is 11.4 Å². The quantitative estimate of drug-likeness (QED) is 0.830. The molecule has 118 valence electrons. The van der Waals surface area contributed by atoms with Gasteiger partial charge in [-0.15, -0.1) is 0 Å². The fourth-order valence-corrected chi connectivity index (χ4v) is 2.61. The molecule has 1 amide bonds. The van der Waals surface area contributed by atoms with E-state index in [1.54, 1.807) is 37.5 Å². The Labute approximate surface area is 132 Å². The maximum absolute atomic E-state index is 13.9. The molecule has 3 rings (SSSR count). The molecule has 3 heterocycles. The van der Waals surface area contributed by atoms with Gasteiger partial charge in [0.05, 0.1) is 23.2 Å². The monoisotopic (exact) mass is 313 g/mol. The molecule has 2 N–H and O–H groups in total. The molecule has 1 aliphatic heterocycles. The smallest absolute Gasteiger partial charge is 0.231 e. The third kappa shape index (κ3) is 2.65. The molecule has 1 aliphatic rings. The van der Waals surface area contributed by atoms with Gasteiger partial charge in [-0.2, -0.15) is 4.39 Å². The highest BCUT2D eigenvalue weighted by atomic mass is 19.1. The number of pyridine rings is 2. The van der Waals surface area contributed by atoms with Crippen molar-refractivity contribution in [3.63, 3.8) is 0 Å². The van der Waals surface area contributed by atoms with Gasteiger partial charge in [-0.1, -0.05) is 0 Å². The number of aromatic nitrogens is 2. The second-order valence-corrected chi connectivity index (χ2v) is 5.71. The van der Waals surface area contributed by atoms with Gasteiger partial charge in [-0.3, -0.25) is 20.1 Å². The number of hydrogen-bond acceptors (Lipinski definition) is 4. The van der Waals surface area contributed by atoms with Crippen molar-refractivity contribution in [1.29, 1.82) is 5.41 Å². The Morgan fingerprint density at radius 3 is 2.83 bits per heavy atom. The number of halogens is 1. The second-order valence-electron chi connectivity index (χ2n) is 5.71. The third-order valence-corrected chi connectivity index (χ3v) is 4.04. The highest BCUT2D eigenvalue weighted by Gasteiger charge is 2.38. The molecule has 7 heteroatoms. The second kappa shape index (κ2) is 5.42. The zero-order chi connectivity index (χ0) is 16.6. The van der Waals surface area contributed by atoms with Crippen molar-refractivity contribution in [3.8, 4) is 11.3 Å². The topological polar surface area (TPSA) is 82.0 Å². The minimum absolute atomic E-state index is 0.0367. The fraction of sp³-hybridized carbons (Fsp3) is 0.250. The van der Waals surface area contributed by atoms with Gasteiger partial charge < -0.3 is 5.32 Å². The molecule has 0 spiro atoms. The minimum atomic E-state index is -0.739. The predicted octanol–water partition coefficient (Wildman–Crippen LogP) is 1.88. The van der Waals surface area contributed by atoms with Crippen LogP contribution < -0.4 is 5.32 Å². The first-order chi connectivity index (χ1) is 10.9. The molecule has 6 nitrogen and oxygen atoms in total. The molecule has 1 fully saturated rings. The summed E-state index contributed by atoms with van der Waals surface area (Å²) in [7, 11) is 1.56. The van der Waals surface area contributed by atoms with Crippen LogP contribution in [0.5, 0.6) is 0 Å². The standard InChI is InChI=1S/C16H16FN5O/c1-16(9-13(23)22(2)15(18)21-16)10-5-7-19-12(8-10)11-4-3-6-20-14(11)17/h3-8H,9H2,1-2H3,(H2,18,21). The van der Waals surface area contributed by atoms with Gasteiger partial charge in [0.15, 0.2) is 5.96 Å². The largest absolute Gasteiger partial charge is 0.346 e. The first-order valence-corrected chi connectivity index (χ1v) is 7.11. The zero-order valence-corrected chi connectivity index (χ0v) is 12.8. The van der Waals surface area contributed by atoms with Crippen molar-refractivity contribution in [2.24, 2.45) is 0 Å². The van der Waals surface area contributed by atoms with Crippen LogP contribution in [-0.4, -0.2) is 33.8 Å². The molecule has 1 unspecified atom stereocenters. The lowest BCUT2D eigenvalue weighted by atomic mass is 9.86. The van der Waals surface area contributed by atoms with E-state index >= 15 is 0 Å². The van der Waals surface area contributed by atoms with Crippen molar-refractivity contribution in [3.05, 3.63) is 48.2 Å². The highest BCUT2D eigenvalue weighted by molar-refractivity contribution is 5.98. The third-order valence-electron chi connectivity index (χ3n) is 4.04. The van der Waals surface area contributed by atoms with Gasteiger partial charge in [-0.25, -0.2) is 4.98 Å². The van der Waals surface area contributed by atoms with E-state index in [1.165, 1.54) is 11.1 Å². The van der Waals surface area contributed by atoms with Crippen LogP contribution in [0.1, 0.15) is 18.9 Å². The van der Waals surface area contributed by atoms with Crippen molar-refractivity contribution in [2.75, 3.05) is 7.05 Å². The van der Waals surface area contributed by atoms with Crippen molar-refractivity contribution in [1.82, 2.24) is 20.2 Å². The molecule has 0 bridgehead atoms. The molecule has 0 aromatic carbocycles. The lowest BCUT2D eigenvalue weighted by molar-refractivity contribution is -0.129. The van der Waals surface area contributed by atoms with E-state index in [1.807, 2.05) is 6.92 Å². The SMILES string of the molecule is CN1C(=N)NC(C)(c2ccnc(-c3cccnc3F)c2)CC1=O. The van der Waals surface area contributed by atoms with Crippen LogP contribution in [0.4, 0.5) is 4.39 Å². The Morgan fingerprint density at radius 1 is 1.35 bits per heavy atom. The van der Waals surface area contributed by atoms with E-state index in [0.29, 0.717) is 11.3 Å². The summed E-state index contributed by atoms with van der Waals surface area (Å²) in [4.78, 5) is 21.2. The Hall–Kier alpha value is -2.83. The van der Waals surface area contributed by atoms with Crippen LogP contribution in [0.15, 0.2) is 36.7 Å². The summed E-state index contributed by atoms with van der Waals surface area (Å²) in [5, 5.41) is 10.9. The number of hydrogen-bond donors (Lipinski definition) is 2. The van der Waals surface area contributed by atoms with Crippen molar-refractivity contribution in [2.45, 2.75) is 18.9 Å². The highest BCUT2D eigenvalue weighted by Crippen LogP contribution is 2.31. The van der Waals surface area contributed by atoms with E-state index in [4.69, 9.17) is 5.41 Å². The van der Waals surface area contributed by atoms with Crippen molar-refractivity contribution < 1.29 is 9.18 Å². The first kappa shape index (κ1) is 15.1. The van der Waals surface area contributed by atoms with Gasteiger partial charge in [0, 0.05) is 19.4 Å². The average Bonchev–Trinajstić information content (AvgIpc) is 2.53. The molecule has 1 atom stereocenters. The lowest BCUT2D eigenvalue weighted by Crippen LogP contribution is -2.58. The summed E-state index contributed by atoms with van der Waals surface area (Å²) < 4.78 is 13.9. The lowest BCUT2D eigenvalue weighted by Gasteiger charge is -2.39. The zero-order valence-electron chi connectivity index (χ0n) is 12.8. The Morgan fingerprint density at radius 2 is 2.13 bits per heavy atom. The van der Waals surface area contributed by atoms with Crippen LogP contribution in [-0.2, 0) is 10.3 Å². The summed E-state index contributed by atoms with van der Waals surface area (Å²) in [5.74, 6) is -0.709. The molecule has 0 aliphatic carbocycles. The number of amides is 1. The number of nitrogens with one attached hydrogen (secondary N) is 2. The van der Waals surface area contributed by atoms with Gasteiger partial charge in [0.25, 0.3) is 0 Å². The molecule has 2 aromatic heterocycles. The van der Waals surface area contributed by atoms with E-state index in [0.717, 1.165) is 5.56 Å². The Bertz CT molecular complexity index is 774. The number of nitrogens with zero attached hydrogens (tertiary/aromatic N) is 3. The van der Waals surface area contributed by atoms with E-state index < -0.39 is 11.5 Å². The van der Waals surface area contributed by atoms with Gasteiger partial charge in [0.2, 0.25) is 11.9 Å².